The first kappa shape index (κ1) is 14.6. The molecule has 0 fully saturated rings. The highest BCUT2D eigenvalue weighted by molar-refractivity contribution is 6.10. The fourth-order valence-corrected chi connectivity index (χ4v) is 2.79. The number of carbonyl (C=O) groups excluding carboxylic acids is 1. The van der Waals surface area contributed by atoms with E-state index in [1.54, 1.807) is 12.1 Å². The molecule has 0 spiro atoms. The van der Waals surface area contributed by atoms with Gasteiger partial charge in [-0.1, -0.05) is 18.2 Å². The van der Waals surface area contributed by atoms with E-state index in [-0.39, 0.29) is 5.57 Å². The highest BCUT2D eigenvalue weighted by atomic mass is 16.7. The van der Waals surface area contributed by atoms with E-state index >= 15 is 0 Å². The molecule has 1 aliphatic heterocycles. The Morgan fingerprint density at radius 2 is 2.10 bits per heavy atom. The Bertz CT molecular complexity index is 717. The fourth-order valence-electron chi connectivity index (χ4n) is 2.79. The normalized spacial score (nSPS) is 19.9. The Morgan fingerprint density at radius 1 is 1.48 bits per heavy atom. The minimum absolute atomic E-state index is 0.259. The standard InChI is InChI=1S/C15H14N2O4/c1-8-5-9(2)12-11(6-8)15(10(3)7-16,21-14(19)20)13(18)17(12)4/h5-6H,3H2,1-2,4H3,(H,19,20). The zero-order valence-corrected chi connectivity index (χ0v) is 11.9. The first-order chi connectivity index (χ1) is 9.75. The molecule has 0 bridgehead atoms. The summed E-state index contributed by atoms with van der Waals surface area (Å²) in [5, 5.41) is 18.2. The molecule has 1 aliphatic rings. The van der Waals surface area contributed by atoms with Crippen molar-refractivity contribution >= 4 is 17.7 Å². The highest BCUT2D eigenvalue weighted by Crippen LogP contribution is 2.48. The number of rotatable bonds is 2. The Labute approximate surface area is 121 Å². The van der Waals surface area contributed by atoms with Crippen LogP contribution < -0.4 is 4.90 Å². The molecular formula is C15H14N2O4. The first-order valence-electron chi connectivity index (χ1n) is 6.17. The molecule has 0 aromatic heterocycles. The molecule has 2 rings (SSSR count). The highest BCUT2D eigenvalue weighted by Gasteiger charge is 2.56. The second kappa shape index (κ2) is 4.63. The quantitative estimate of drug-likeness (QED) is 0.665. The SMILES string of the molecule is C=C(C#N)C1(OC(=O)O)C(=O)N(C)c2c(C)cc(C)cc21. The number of hydrogen-bond acceptors (Lipinski definition) is 4. The van der Waals surface area contributed by atoms with Crippen molar-refractivity contribution in [2.45, 2.75) is 19.4 Å². The van der Waals surface area contributed by atoms with E-state index in [2.05, 4.69) is 6.58 Å². The van der Waals surface area contributed by atoms with Gasteiger partial charge in [0.15, 0.2) is 0 Å². The number of anilines is 1. The summed E-state index contributed by atoms with van der Waals surface area (Å²) < 4.78 is 4.87. The molecule has 6 heteroatoms. The van der Waals surface area contributed by atoms with Crippen LogP contribution in [-0.2, 0) is 15.1 Å². The molecule has 0 aliphatic carbocycles. The molecule has 108 valence electrons. The third-order valence-corrected chi connectivity index (χ3v) is 3.57. The summed E-state index contributed by atoms with van der Waals surface area (Å²) in [4.78, 5) is 25.0. The van der Waals surface area contributed by atoms with Crippen LogP contribution in [0.3, 0.4) is 0 Å². The van der Waals surface area contributed by atoms with E-state index in [1.165, 1.54) is 11.9 Å². The number of fused-ring (bicyclic) bond motifs is 1. The zero-order valence-electron chi connectivity index (χ0n) is 11.9. The number of amides is 1. The van der Waals surface area contributed by atoms with E-state index in [4.69, 9.17) is 15.1 Å². The van der Waals surface area contributed by atoms with Gasteiger partial charge in [0.25, 0.3) is 11.5 Å². The minimum Gasteiger partial charge on any atom is -0.450 e. The maximum Gasteiger partial charge on any atom is 0.507 e. The molecule has 1 unspecified atom stereocenters. The summed E-state index contributed by atoms with van der Waals surface area (Å²) in [7, 11) is 1.51. The van der Waals surface area contributed by atoms with Gasteiger partial charge >= 0.3 is 6.16 Å². The van der Waals surface area contributed by atoms with Crippen molar-refractivity contribution in [2.75, 3.05) is 11.9 Å². The molecule has 1 heterocycles. The molecule has 1 aromatic carbocycles. The lowest BCUT2D eigenvalue weighted by molar-refractivity contribution is -0.133. The van der Waals surface area contributed by atoms with Crippen LogP contribution in [0.25, 0.3) is 0 Å². The van der Waals surface area contributed by atoms with Crippen LogP contribution in [0.15, 0.2) is 24.3 Å². The molecule has 1 N–H and O–H groups in total. The monoisotopic (exact) mass is 286 g/mol. The molecule has 0 saturated carbocycles. The Hall–Kier alpha value is -2.81. The van der Waals surface area contributed by atoms with Gasteiger partial charge in [-0.25, -0.2) is 4.79 Å². The maximum atomic E-state index is 12.6. The molecule has 1 atom stereocenters. The molecule has 6 nitrogen and oxygen atoms in total. The number of ether oxygens (including phenoxy) is 1. The van der Waals surface area contributed by atoms with E-state index in [0.29, 0.717) is 11.3 Å². The average Bonchev–Trinajstić information content (AvgIpc) is 2.60. The van der Waals surface area contributed by atoms with E-state index in [1.807, 2.05) is 19.9 Å². The van der Waals surface area contributed by atoms with Crippen LogP contribution in [0.5, 0.6) is 0 Å². The number of likely N-dealkylation sites (N-methyl/N-ethyl adjacent to an activating group) is 1. The summed E-state index contributed by atoms with van der Waals surface area (Å²) in [6.07, 6.45) is -1.64. The van der Waals surface area contributed by atoms with Crippen LogP contribution in [0, 0.1) is 25.2 Å². The third-order valence-electron chi connectivity index (χ3n) is 3.57. The van der Waals surface area contributed by atoms with Crippen LogP contribution >= 0.6 is 0 Å². The van der Waals surface area contributed by atoms with Gasteiger partial charge in [0.05, 0.1) is 17.3 Å². The Kier molecular flexibility index (Phi) is 3.22. The topological polar surface area (TPSA) is 90.6 Å². The predicted molar refractivity (Wildman–Crippen MR) is 74.9 cm³/mol. The number of carbonyl (C=O) groups is 2. The van der Waals surface area contributed by atoms with Gasteiger partial charge in [-0.15, -0.1) is 0 Å². The van der Waals surface area contributed by atoms with Crippen LogP contribution in [0.1, 0.15) is 16.7 Å². The molecular weight excluding hydrogens is 272 g/mol. The van der Waals surface area contributed by atoms with E-state index in [9.17, 15) is 9.59 Å². The lowest BCUT2D eigenvalue weighted by Gasteiger charge is -2.25. The molecule has 21 heavy (non-hydrogen) atoms. The summed E-state index contributed by atoms with van der Waals surface area (Å²) in [5.41, 5.74) is 0.248. The van der Waals surface area contributed by atoms with Crippen LogP contribution in [-0.4, -0.2) is 24.2 Å². The maximum absolute atomic E-state index is 12.6. The number of nitrogens with zero attached hydrogens (tertiary/aromatic N) is 2. The molecule has 0 saturated heterocycles. The van der Waals surface area contributed by atoms with Crippen molar-refractivity contribution < 1.29 is 19.4 Å². The van der Waals surface area contributed by atoms with Gasteiger partial charge in [-0.3, -0.25) is 4.79 Å². The van der Waals surface area contributed by atoms with Crippen molar-refractivity contribution in [1.82, 2.24) is 0 Å². The smallest absolute Gasteiger partial charge is 0.450 e. The van der Waals surface area contributed by atoms with E-state index in [0.717, 1.165) is 11.1 Å². The second-order valence-electron chi connectivity index (χ2n) is 4.98. The summed E-state index contributed by atoms with van der Waals surface area (Å²) in [5.74, 6) is -0.639. The van der Waals surface area contributed by atoms with Crippen molar-refractivity contribution in [2.24, 2.45) is 0 Å². The number of hydrogen-bond donors (Lipinski definition) is 1. The van der Waals surface area contributed by atoms with Crippen molar-refractivity contribution in [3.05, 3.63) is 41.0 Å². The summed E-state index contributed by atoms with van der Waals surface area (Å²) >= 11 is 0. The second-order valence-corrected chi connectivity index (χ2v) is 4.98. The van der Waals surface area contributed by atoms with Gasteiger partial charge < -0.3 is 14.7 Å². The largest absolute Gasteiger partial charge is 0.507 e. The zero-order chi connectivity index (χ0) is 15.9. The summed E-state index contributed by atoms with van der Waals surface area (Å²) in [6.45, 7) is 7.15. The lowest BCUT2D eigenvalue weighted by Crippen LogP contribution is -2.43. The predicted octanol–water partition coefficient (Wildman–Crippen LogP) is 2.25. The van der Waals surface area contributed by atoms with Gasteiger partial charge in [0, 0.05) is 12.6 Å². The third kappa shape index (κ3) is 1.86. The van der Waals surface area contributed by atoms with Crippen LogP contribution in [0.4, 0.5) is 10.5 Å². The van der Waals surface area contributed by atoms with Gasteiger partial charge in [-0.2, -0.15) is 5.26 Å². The van der Waals surface area contributed by atoms with Crippen molar-refractivity contribution in [3.63, 3.8) is 0 Å². The molecule has 1 aromatic rings. The van der Waals surface area contributed by atoms with E-state index < -0.39 is 17.7 Å². The van der Waals surface area contributed by atoms with Crippen LogP contribution in [0.2, 0.25) is 0 Å². The molecule has 1 amide bonds. The average molecular weight is 286 g/mol. The minimum atomic E-state index is -2.00. The van der Waals surface area contributed by atoms with Crippen molar-refractivity contribution in [3.8, 4) is 6.07 Å². The van der Waals surface area contributed by atoms with Gasteiger partial charge in [-0.05, 0) is 25.5 Å². The number of benzene rings is 1. The lowest BCUT2D eigenvalue weighted by atomic mass is 9.86. The van der Waals surface area contributed by atoms with Gasteiger partial charge in [0.2, 0.25) is 0 Å². The van der Waals surface area contributed by atoms with Crippen molar-refractivity contribution in [1.29, 1.82) is 5.26 Å². The number of carboxylic acid groups (broad SMARTS) is 1. The number of nitriles is 1. The first-order valence-corrected chi connectivity index (χ1v) is 6.17. The fraction of sp³-hybridized carbons (Fsp3) is 0.267. The summed E-state index contributed by atoms with van der Waals surface area (Å²) in [6, 6.07) is 5.27. The number of aryl methyl sites for hydroxylation is 2. The Balaban J connectivity index is 2.86. The molecule has 0 radical (unpaired) electrons. The Morgan fingerprint density at radius 3 is 2.62 bits per heavy atom. The van der Waals surface area contributed by atoms with Gasteiger partial charge in [0.1, 0.15) is 0 Å².